The van der Waals surface area contributed by atoms with Crippen molar-refractivity contribution in [2.75, 3.05) is 6.61 Å². The van der Waals surface area contributed by atoms with Crippen molar-refractivity contribution in [1.82, 2.24) is 0 Å². The molecule has 0 aliphatic carbocycles. The average Bonchev–Trinajstić information content (AvgIpc) is 2.13. The molecule has 1 rings (SSSR count). The summed E-state index contributed by atoms with van der Waals surface area (Å²) in [4.78, 5) is -1.00. The first-order chi connectivity index (χ1) is 8.07. The highest BCUT2D eigenvalue weighted by molar-refractivity contribution is 7.89. The van der Waals surface area contributed by atoms with E-state index in [4.69, 9.17) is 9.69 Å². The fourth-order valence-electron chi connectivity index (χ4n) is 1.58. The molecule has 0 amide bonds. The number of rotatable bonds is 4. The van der Waals surface area contributed by atoms with Crippen LogP contribution in [0.15, 0.2) is 21.9 Å². The van der Waals surface area contributed by atoms with Crippen molar-refractivity contribution < 1.29 is 26.5 Å². The van der Waals surface area contributed by atoms with E-state index in [2.05, 4.69) is 0 Å². The third-order valence-corrected chi connectivity index (χ3v) is 4.30. The Labute approximate surface area is 105 Å². The minimum absolute atomic E-state index is 0.0670. The van der Waals surface area contributed by atoms with Crippen molar-refractivity contribution in [3.05, 3.63) is 23.3 Å². The summed E-state index contributed by atoms with van der Waals surface area (Å²) in [7, 11) is -8.72. The van der Waals surface area contributed by atoms with E-state index in [1.807, 2.05) is 0 Å². The molecule has 0 unspecified atom stereocenters. The maximum absolute atomic E-state index is 11.2. The molecule has 0 saturated carbocycles. The van der Waals surface area contributed by atoms with Crippen LogP contribution in [0.25, 0.3) is 0 Å². The molecule has 0 atom stereocenters. The maximum Gasteiger partial charge on any atom is 0.294 e. The zero-order chi connectivity index (χ0) is 14.1. The van der Waals surface area contributed by atoms with E-state index in [1.165, 1.54) is 13.0 Å². The molecule has 18 heavy (non-hydrogen) atoms. The Morgan fingerprint density at radius 2 is 1.72 bits per heavy atom. The second-order valence-electron chi connectivity index (χ2n) is 3.70. The van der Waals surface area contributed by atoms with Crippen LogP contribution in [-0.4, -0.2) is 28.0 Å². The maximum atomic E-state index is 11.2. The highest BCUT2D eigenvalue weighted by Crippen LogP contribution is 2.24. The SMILES string of the molecule is Cc1cc(CC[O])c(S(=O)(=O)O)cc1S(N)(=O)=O. The van der Waals surface area contributed by atoms with Crippen LogP contribution in [-0.2, 0) is 31.7 Å². The fraction of sp³-hybridized carbons (Fsp3) is 0.333. The van der Waals surface area contributed by atoms with Crippen molar-refractivity contribution in [3.8, 4) is 0 Å². The molecule has 3 N–H and O–H groups in total. The Morgan fingerprint density at radius 1 is 1.17 bits per heavy atom. The van der Waals surface area contributed by atoms with Gasteiger partial charge in [-0.3, -0.25) is 4.55 Å². The van der Waals surface area contributed by atoms with E-state index < -0.39 is 36.5 Å². The molecule has 0 aromatic heterocycles. The highest BCUT2D eigenvalue weighted by atomic mass is 32.2. The van der Waals surface area contributed by atoms with Gasteiger partial charge < -0.3 is 0 Å². The Kier molecular flexibility index (Phi) is 4.13. The minimum Gasteiger partial charge on any atom is -0.282 e. The van der Waals surface area contributed by atoms with Gasteiger partial charge in [-0.2, -0.15) is 8.42 Å². The van der Waals surface area contributed by atoms with E-state index >= 15 is 0 Å². The zero-order valence-corrected chi connectivity index (χ0v) is 11.1. The van der Waals surface area contributed by atoms with Gasteiger partial charge in [0, 0.05) is 6.42 Å². The number of aryl methyl sites for hydroxylation is 1. The lowest BCUT2D eigenvalue weighted by Gasteiger charge is -2.10. The van der Waals surface area contributed by atoms with Gasteiger partial charge in [-0.15, -0.1) is 0 Å². The number of hydrogen-bond acceptors (Lipinski definition) is 4. The molecule has 0 bridgehead atoms. The summed E-state index contributed by atoms with van der Waals surface area (Å²) in [5.74, 6) is 0. The molecule has 1 aromatic carbocycles. The molecular weight excluding hydrogens is 282 g/mol. The van der Waals surface area contributed by atoms with Gasteiger partial charge in [0.1, 0.15) is 0 Å². The van der Waals surface area contributed by atoms with Crippen molar-refractivity contribution >= 4 is 20.1 Å². The first-order valence-electron chi connectivity index (χ1n) is 4.79. The van der Waals surface area contributed by atoms with Gasteiger partial charge in [-0.05, 0) is 24.1 Å². The minimum atomic E-state index is -4.61. The van der Waals surface area contributed by atoms with E-state index in [0.29, 0.717) is 0 Å². The van der Waals surface area contributed by atoms with E-state index in [0.717, 1.165) is 6.07 Å². The van der Waals surface area contributed by atoms with Gasteiger partial charge in [-0.1, -0.05) is 6.07 Å². The Bertz CT molecular complexity index is 663. The first-order valence-corrected chi connectivity index (χ1v) is 7.78. The summed E-state index contributed by atoms with van der Waals surface area (Å²) in [6.07, 6.45) is -0.138. The molecular formula is C9H12NO6S2. The summed E-state index contributed by atoms with van der Waals surface area (Å²) in [5, 5.41) is 15.5. The largest absolute Gasteiger partial charge is 0.294 e. The molecule has 7 nitrogen and oxygen atoms in total. The van der Waals surface area contributed by atoms with E-state index in [9.17, 15) is 21.9 Å². The van der Waals surface area contributed by atoms with Crippen LogP contribution in [0.1, 0.15) is 11.1 Å². The van der Waals surface area contributed by atoms with Crippen LogP contribution in [0.3, 0.4) is 0 Å². The van der Waals surface area contributed by atoms with Crippen LogP contribution in [0.2, 0.25) is 0 Å². The fourth-order valence-corrected chi connectivity index (χ4v) is 3.20. The van der Waals surface area contributed by atoms with Crippen LogP contribution in [0.5, 0.6) is 0 Å². The van der Waals surface area contributed by atoms with Crippen LogP contribution < -0.4 is 5.14 Å². The summed E-state index contributed by atoms with van der Waals surface area (Å²) in [5.41, 5.74) is 0.283. The second kappa shape index (κ2) is 4.94. The molecule has 0 spiro atoms. The van der Waals surface area contributed by atoms with Crippen molar-refractivity contribution in [2.45, 2.75) is 23.1 Å². The number of benzene rings is 1. The molecule has 0 aliphatic rings. The Balaban J connectivity index is 3.67. The number of sulfonamides is 1. The van der Waals surface area contributed by atoms with Gasteiger partial charge in [0.05, 0.1) is 16.4 Å². The summed E-state index contributed by atoms with van der Waals surface area (Å²) < 4.78 is 53.8. The van der Waals surface area contributed by atoms with Gasteiger partial charge in [0.15, 0.2) is 0 Å². The van der Waals surface area contributed by atoms with E-state index in [1.54, 1.807) is 0 Å². The Hall–Kier alpha value is -1.00. The quantitative estimate of drug-likeness (QED) is 0.745. The molecule has 9 heteroatoms. The normalized spacial score (nSPS) is 12.7. The van der Waals surface area contributed by atoms with Crippen LogP contribution in [0.4, 0.5) is 0 Å². The third kappa shape index (κ3) is 3.27. The van der Waals surface area contributed by atoms with Crippen LogP contribution in [0, 0.1) is 6.92 Å². The van der Waals surface area contributed by atoms with Gasteiger partial charge in [-0.25, -0.2) is 18.7 Å². The molecule has 101 valence electrons. The predicted molar refractivity (Wildman–Crippen MR) is 61.6 cm³/mol. The van der Waals surface area contributed by atoms with E-state index in [-0.39, 0.29) is 17.5 Å². The average molecular weight is 294 g/mol. The molecule has 0 fully saturated rings. The smallest absolute Gasteiger partial charge is 0.282 e. The third-order valence-electron chi connectivity index (χ3n) is 2.31. The first kappa shape index (κ1) is 15.1. The van der Waals surface area contributed by atoms with Crippen molar-refractivity contribution in [3.63, 3.8) is 0 Å². The van der Waals surface area contributed by atoms with Crippen molar-refractivity contribution in [2.24, 2.45) is 5.14 Å². The predicted octanol–water partition coefficient (Wildman–Crippen LogP) is -0.138. The molecule has 1 radical (unpaired) electrons. The topological polar surface area (TPSA) is 134 Å². The van der Waals surface area contributed by atoms with Gasteiger partial charge in [0.2, 0.25) is 10.0 Å². The lowest BCUT2D eigenvalue weighted by Crippen LogP contribution is -2.16. The monoisotopic (exact) mass is 294 g/mol. The summed E-state index contributed by atoms with van der Waals surface area (Å²) >= 11 is 0. The summed E-state index contributed by atoms with van der Waals surface area (Å²) in [6, 6.07) is 1.99. The molecule has 0 aliphatic heterocycles. The molecule has 0 saturated heterocycles. The van der Waals surface area contributed by atoms with Crippen LogP contribution >= 0.6 is 0 Å². The number of nitrogens with two attached hydrogens (primary N) is 1. The molecule has 0 heterocycles. The second-order valence-corrected chi connectivity index (χ2v) is 6.62. The zero-order valence-electron chi connectivity index (χ0n) is 9.45. The molecule has 1 aromatic rings. The van der Waals surface area contributed by atoms with Gasteiger partial charge >= 0.3 is 0 Å². The van der Waals surface area contributed by atoms with Gasteiger partial charge in [0.25, 0.3) is 10.1 Å². The summed E-state index contributed by atoms with van der Waals surface area (Å²) in [6.45, 7) is 0.832. The lowest BCUT2D eigenvalue weighted by molar-refractivity contribution is 0.196. The standard InChI is InChI=1S/C9H12NO6S2/c1-6-4-7(2-3-11)9(18(14,15)16)5-8(6)17(10,12)13/h4-5H,2-3H2,1H3,(H2,10,12,13)(H,14,15,16). The lowest BCUT2D eigenvalue weighted by atomic mass is 10.1. The number of hydrogen-bond donors (Lipinski definition) is 2. The van der Waals surface area contributed by atoms with Crippen molar-refractivity contribution in [1.29, 1.82) is 0 Å². The highest BCUT2D eigenvalue weighted by Gasteiger charge is 2.21. The Morgan fingerprint density at radius 3 is 2.11 bits per heavy atom. The number of primary sulfonamides is 1.